The van der Waals surface area contributed by atoms with Gasteiger partial charge in [-0.25, -0.2) is 0 Å². The van der Waals surface area contributed by atoms with Crippen molar-refractivity contribution in [2.45, 2.75) is 56.5 Å². The second-order valence-corrected chi connectivity index (χ2v) is 8.07. The van der Waals surface area contributed by atoms with Gasteiger partial charge in [-0.15, -0.1) is 12.4 Å². The number of carbonyl (C=O) groups excluding carboxylic acids is 2. The molecule has 1 unspecified atom stereocenters. The summed E-state index contributed by atoms with van der Waals surface area (Å²) in [7, 11) is 1.89. The Labute approximate surface area is 166 Å². The zero-order valence-corrected chi connectivity index (χ0v) is 16.7. The maximum Gasteiger partial charge on any atom is 0.225 e. The molecule has 2 saturated heterocycles. The number of rotatable bonds is 4. The first kappa shape index (κ1) is 20.1. The molecule has 27 heavy (non-hydrogen) atoms. The predicted octanol–water partition coefficient (Wildman–Crippen LogP) is 1.19. The van der Waals surface area contributed by atoms with Crippen molar-refractivity contribution in [3.63, 3.8) is 0 Å². The summed E-state index contributed by atoms with van der Waals surface area (Å²) in [6.07, 6.45) is 10.2. The summed E-state index contributed by atoms with van der Waals surface area (Å²) in [6.45, 7) is 2.15. The van der Waals surface area contributed by atoms with Gasteiger partial charge in [0.1, 0.15) is 0 Å². The lowest BCUT2D eigenvalue weighted by molar-refractivity contribution is -0.130. The number of nitrogens with one attached hydrogen (secondary N) is 2. The SMILES string of the molecule is Cl.Cn1cc([C@H]2CNC[C@@H]2C(=O)NC2CC(=O)N(C3CCCCC3)C2)cn1. The van der Waals surface area contributed by atoms with Crippen molar-refractivity contribution in [2.75, 3.05) is 19.6 Å². The first-order valence-corrected chi connectivity index (χ1v) is 9.91. The third kappa shape index (κ3) is 4.29. The molecule has 1 aliphatic carbocycles. The molecule has 7 nitrogen and oxygen atoms in total. The topological polar surface area (TPSA) is 79.3 Å². The number of aromatic nitrogens is 2. The quantitative estimate of drug-likeness (QED) is 0.802. The van der Waals surface area contributed by atoms with Crippen LogP contribution in [0, 0.1) is 5.92 Å². The molecular weight excluding hydrogens is 366 g/mol. The summed E-state index contributed by atoms with van der Waals surface area (Å²) >= 11 is 0. The number of nitrogens with zero attached hydrogens (tertiary/aromatic N) is 3. The second-order valence-electron chi connectivity index (χ2n) is 8.07. The van der Waals surface area contributed by atoms with Crippen molar-refractivity contribution in [1.82, 2.24) is 25.3 Å². The van der Waals surface area contributed by atoms with E-state index in [0.717, 1.165) is 24.9 Å². The molecule has 1 aromatic rings. The Morgan fingerprint density at radius 2 is 2.04 bits per heavy atom. The highest BCUT2D eigenvalue weighted by molar-refractivity contribution is 5.85. The van der Waals surface area contributed by atoms with Crippen LogP contribution in [-0.2, 0) is 16.6 Å². The molecule has 2 aliphatic heterocycles. The smallest absolute Gasteiger partial charge is 0.225 e. The molecular formula is C19H30ClN5O2. The van der Waals surface area contributed by atoms with Crippen LogP contribution >= 0.6 is 12.4 Å². The normalized spacial score (nSPS) is 29.0. The largest absolute Gasteiger partial charge is 0.351 e. The van der Waals surface area contributed by atoms with Gasteiger partial charge in [-0.2, -0.15) is 5.10 Å². The average Bonchev–Trinajstić information content (AvgIpc) is 3.35. The Morgan fingerprint density at radius 1 is 1.26 bits per heavy atom. The molecule has 3 fully saturated rings. The van der Waals surface area contributed by atoms with E-state index in [9.17, 15) is 9.59 Å². The van der Waals surface area contributed by atoms with E-state index >= 15 is 0 Å². The minimum Gasteiger partial charge on any atom is -0.351 e. The van der Waals surface area contributed by atoms with Gasteiger partial charge in [-0.1, -0.05) is 19.3 Å². The van der Waals surface area contributed by atoms with Gasteiger partial charge < -0.3 is 15.5 Å². The van der Waals surface area contributed by atoms with Crippen LogP contribution in [0.2, 0.25) is 0 Å². The third-order valence-electron chi connectivity index (χ3n) is 6.22. The van der Waals surface area contributed by atoms with Gasteiger partial charge in [-0.05, 0) is 18.4 Å². The van der Waals surface area contributed by atoms with Gasteiger partial charge in [0.05, 0.1) is 18.2 Å². The number of carbonyl (C=O) groups is 2. The van der Waals surface area contributed by atoms with Crippen molar-refractivity contribution in [1.29, 1.82) is 0 Å². The van der Waals surface area contributed by atoms with Gasteiger partial charge in [0.2, 0.25) is 11.8 Å². The third-order valence-corrected chi connectivity index (χ3v) is 6.22. The number of hydrogen-bond acceptors (Lipinski definition) is 4. The lowest BCUT2D eigenvalue weighted by atomic mass is 9.90. The zero-order valence-electron chi connectivity index (χ0n) is 15.9. The van der Waals surface area contributed by atoms with E-state index in [1.54, 1.807) is 4.68 Å². The van der Waals surface area contributed by atoms with Gasteiger partial charge in [0.15, 0.2) is 0 Å². The maximum atomic E-state index is 12.9. The molecule has 8 heteroatoms. The fourth-order valence-corrected chi connectivity index (χ4v) is 4.82. The van der Waals surface area contributed by atoms with E-state index in [1.807, 2.05) is 24.3 Å². The number of amides is 2. The minimum absolute atomic E-state index is 0. The van der Waals surface area contributed by atoms with Gasteiger partial charge >= 0.3 is 0 Å². The minimum atomic E-state index is -0.0990. The Balaban J connectivity index is 0.00000210. The highest BCUT2D eigenvalue weighted by Crippen LogP contribution is 2.29. The number of likely N-dealkylation sites (tertiary alicyclic amines) is 1. The summed E-state index contributed by atoms with van der Waals surface area (Å²) < 4.78 is 1.78. The Bertz CT molecular complexity index is 673. The molecule has 3 atom stereocenters. The molecule has 0 aromatic carbocycles. The van der Waals surface area contributed by atoms with E-state index in [4.69, 9.17) is 0 Å². The molecule has 3 heterocycles. The van der Waals surface area contributed by atoms with E-state index in [1.165, 1.54) is 19.3 Å². The fraction of sp³-hybridized carbons (Fsp3) is 0.737. The molecule has 1 aromatic heterocycles. The van der Waals surface area contributed by atoms with Crippen LogP contribution in [-0.4, -0.2) is 58.2 Å². The predicted molar refractivity (Wildman–Crippen MR) is 105 cm³/mol. The van der Waals surface area contributed by atoms with Crippen LogP contribution in [0.3, 0.4) is 0 Å². The molecule has 4 rings (SSSR count). The van der Waals surface area contributed by atoms with E-state index in [-0.39, 0.29) is 42.1 Å². The van der Waals surface area contributed by atoms with Crippen molar-refractivity contribution in [3.05, 3.63) is 18.0 Å². The first-order valence-electron chi connectivity index (χ1n) is 9.91. The number of halogens is 1. The maximum absolute atomic E-state index is 12.9. The van der Waals surface area contributed by atoms with Crippen LogP contribution < -0.4 is 10.6 Å². The van der Waals surface area contributed by atoms with Crippen molar-refractivity contribution in [3.8, 4) is 0 Å². The Kier molecular flexibility index (Phi) is 6.42. The first-order chi connectivity index (χ1) is 12.6. The molecule has 2 N–H and O–H groups in total. The van der Waals surface area contributed by atoms with E-state index in [2.05, 4.69) is 15.7 Å². The van der Waals surface area contributed by atoms with E-state index in [0.29, 0.717) is 25.6 Å². The summed E-state index contributed by atoms with van der Waals surface area (Å²) in [5.74, 6) is 0.316. The van der Waals surface area contributed by atoms with Crippen LogP contribution in [0.15, 0.2) is 12.4 Å². The lowest BCUT2D eigenvalue weighted by Crippen LogP contribution is -2.44. The summed E-state index contributed by atoms with van der Waals surface area (Å²) in [5, 5.41) is 10.7. The van der Waals surface area contributed by atoms with Gasteiger partial charge in [0, 0.05) is 51.3 Å². The molecule has 3 aliphatic rings. The van der Waals surface area contributed by atoms with Crippen LogP contribution in [0.5, 0.6) is 0 Å². The Hall–Kier alpha value is -1.60. The van der Waals surface area contributed by atoms with Crippen molar-refractivity contribution < 1.29 is 9.59 Å². The highest BCUT2D eigenvalue weighted by atomic mass is 35.5. The van der Waals surface area contributed by atoms with Crippen LogP contribution in [0.1, 0.15) is 50.0 Å². The molecule has 0 bridgehead atoms. The number of aryl methyl sites for hydroxylation is 1. The second kappa shape index (κ2) is 8.61. The van der Waals surface area contributed by atoms with Crippen LogP contribution in [0.4, 0.5) is 0 Å². The standard InChI is InChI=1S/C19H29N5O2.ClH/c1-23-11-13(8-21-23)16-9-20-10-17(16)19(26)22-14-7-18(25)24(12-14)15-5-3-2-4-6-15;/h8,11,14-17,20H,2-7,9-10,12H2,1H3,(H,22,26);1H/t14?,16-,17+;/m1./s1. The molecule has 0 spiro atoms. The molecule has 150 valence electrons. The van der Waals surface area contributed by atoms with Crippen LogP contribution in [0.25, 0.3) is 0 Å². The molecule has 1 saturated carbocycles. The number of hydrogen-bond donors (Lipinski definition) is 2. The van der Waals surface area contributed by atoms with Crippen molar-refractivity contribution >= 4 is 24.2 Å². The Morgan fingerprint density at radius 3 is 2.74 bits per heavy atom. The molecule has 0 radical (unpaired) electrons. The summed E-state index contributed by atoms with van der Waals surface area (Å²) in [4.78, 5) is 27.3. The average molecular weight is 396 g/mol. The van der Waals surface area contributed by atoms with E-state index < -0.39 is 0 Å². The zero-order chi connectivity index (χ0) is 18.1. The molecule has 2 amide bonds. The summed E-state index contributed by atoms with van der Waals surface area (Å²) in [5.41, 5.74) is 1.10. The lowest BCUT2D eigenvalue weighted by Gasteiger charge is -2.31. The highest BCUT2D eigenvalue weighted by Gasteiger charge is 2.39. The van der Waals surface area contributed by atoms with Gasteiger partial charge in [0.25, 0.3) is 0 Å². The monoisotopic (exact) mass is 395 g/mol. The fourth-order valence-electron chi connectivity index (χ4n) is 4.82. The summed E-state index contributed by atoms with van der Waals surface area (Å²) in [6, 6.07) is 0.335. The van der Waals surface area contributed by atoms with Crippen molar-refractivity contribution in [2.24, 2.45) is 13.0 Å². The van der Waals surface area contributed by atoms with Gasteiger partial charge in [-0.3, -0.25) is 14.3 Å².